The summed E-state index contributed by atoms with van der Waals surface area (Å²) >= 11 is 0. The first-order valence-corrected chi connectivity index (χ1v) is 8.76. The van der Waals surface area contributed by atoms with Gasteiger partial charge >= 0.3 is 0 Å². The van der Waals surface area contributed by atoms with Gasteiger partial charge in [-0.3, -0.25) is 9.59 Å². The molecule has 2 aromatic carbocycles. The largest absolute Gasteiger partial charge is 0.493 e. The highest BCUT2D eigenvalue weighted by molar-refractivity contribution is 5.97. The molecule has 6 nitrogen and oxygen atoms in total. The molecule has 0 radical (unpaired) electrons. The maximum absolute atomic E-state index is 12.8. The number of para-hydroxylation sites is 1. The van der Waals surface area contributed by atoms with Crippen molar-refractivity contribution in [1.29, 1.82) is 0 Å². The van der Waals surface area contributed by atoms with E-state index in [9.17, 15) is 9.59 Å². The fourth-order valence-corrected chi connectivity index (χ4v) is 3.02. The number of benzene rings is 2. The number of ether oxygens (including phenoxy) is 1. The molecule has 1 saturated heterocycles. The van der Waals surface area contributed by atoms with Crippen molar-refractivity contribution in [1.82, 2.24) is 9.80 Å². The van der Waals surface area contributed by atoms with Gasteiger partial charge in [0, 0.05) is 37.4 Å². The van der Waals surface area contributed by atoms with Gasteiger partial charge in [-0.15, -0.1) is 12.4 Å². The van der Waals surface area contributed by atoms with Crippen LogP contribution in [0.2, 0.25) is 0 Å². The predicted molar refractivity (Wildman–Crippen MR) is 108 cm³/mol. The lowest BCUT2D eigenvalue weighted by molar-refractivity contribution is 0.0533. The van der Waals surface area contributed by atoms with Crippen molar-refractivity contribution >= 4 is 29.9 Å². The minimum Gasteiger partial charge on any atom is -0.493 e. The van der Waals surface area contributed by atoms with E-state index in [2.05, 4.69) is 0 Å². The highest BCUT2D eigenvalue weighted by atomic mass is 35.5. The summed E-state index contributed by atoms with van der Waals surface area (Å²) in [7, 11) is 0. The van der Waals surface area contributed by atoms with E-state index in [-0.39, 0.29) is 24.2 Å². The number of piperazine rings is 1. The molecule has 1 aliphatic rings. The number of carbonyl (C=O) groups excluding carboxylic acids is 2. The van der Waals surface area contributed by atoms with Crippen molar-refractivity contribution in [3.8, 4) is 5.75 Å². The number of hydrogen-bond acceptors (Lipinski definition) is 4. The third kappa shape index (κ3) is 4.71. The number of rotatable bonds is 4. The zero-order valence-electron chi connectivity index (χ0n) is 15.3. The SMILES string of the molecule is CCOc1ccccc1C(=O)N1CCN(C(=O)c2ccc(N)cc2)CC1.Cl. The summed E-state index contributed by atoms with van der Waals surface area (Å²) < 4.78 is 5.55. The monoisotopic (exact) mass is 389 g/mol. The minimum absolute atomic E-state index is 0. The van der Waals surface area contributed by atoms with Crippen molar-refractivity contribution in [3.63, 3.8) is 0 Å². The summed E-state index contributed by atoms with van der Waals surface area (Å²) in [6.45, 7) is 4.41. The zero-order valence-corrected chi connectivity index (χ0v) is 16.1. The van der Waals surface area contributed by atoms with Crippen molar-refractivity contribution in [2.75, 3.05) is 38.5 Å². The fraction of sp³-hybridized carbons (Fsp3) is 0.300. The van der Waals surface area contributed by atoms with Gasteiger partial charge in [-0.05, 0) is 43.3 Å². The number of nitrogens with zero attached hydrogens (tertiary/aromatic N) is 2. The van der Waals surface area contributed by atoms with Gasteiger partial charge in [0.25, 0.3) is 11.8 Å². The molecule has 0 unspecified atom stereocenters. The van der Waals surface area contributed by atoms with Crippen LogP contribution < -0.4 is 10.5 Å². The smallest absolute Gasteiger partial charge is 0.257 e. The molecule has 2 aromatic rings. The molecular weight excluding hydrogens is 366 g/mol. The summed E-state index contributed by atoms with van der Waals surface area (Å²) in [5.41, 5.74) is 7.47. The summed E-state index contributed by atoms with van der Waals surface area (Å²) in [5, 5.41) is 0. The third-order valence-corrected chi connectivity index (χ3v) is 4.43. The molecule has 0 bridgehead atoms. The van der Waals surface area contributed by atoms with E-state index in [0.29, 0.717) is 55.3 Å². The van der Waals surface area contributed by atoms with Gasteiger partial charge < -0.3 is 20.3 Å². The molecule has 7 heteroatoms. The van der Waals surface area contributed by atoms with Crippen molar-refractivity contribution in [2.45, 2.75) is 6.92 Å². The van der Waals surface area contributed by atoms with Crippen LogP contribution in [0.5, 0.6) is 5.75 Å². The summed E-state index contributed by atoms with van der Waals surface area (Å²) in [6, 6.07) is 14.2. The van der Waals surface area contributed by atoms with Crippen LogP contribution in [0.25, 0.3) is 0 Å². The lowest BCUT2D eigenvalue weighted by Gasteiger charge is -2.35. The summed E-state index contributed by atoms with van der Waals surface area (Å²) in [6.07, 6.45) is 0. The van der Waals surface area contributed by atoms with Crippen LogP contribution in [0, 0.1) is 0 Å². The van der Waals surface area contributed by atoms with E-state index in [1.807, 2.05) is 19.1 Å². The highest BCUT2D eigenvalue weighted by Crippen LogP contribution is 2.21. The molecule has 1 aliphatic heterocycles. The maximum Gasteiger partial charge on any atom is 0.257 e. The van der Waals surface area contributed by atoms with Crippen LogP contribution in [-0.2, 0) is 0 Å². The van der Waals surface area contributed by atoms with Crippen molar-refractivity contribution in [2.24, 2.45) is 0 Å². The van der Waals surface area contributed by atoms with E-state index >= 15 is 0 Å². The Balaban J connectivity index is 0.00000261. The second kappa shape index (κ2) is 9.28. The van der Waals surface area contributed by atoms with Crippen LogP contribution in [0.4, 0.5) is 5.69 Å². The van der Waals surface area contributed by atoms with Gasteiger partial charge in [0.15, 0.2) is 0 Å². The average molecular weight is 390 g/mol. The van der Waals surface area contributed by atoms with Crippen LogP contribution >= 0.6 is 12.4 Å². The first-order chi connectivity index (χ1) is 12.6. The molecule has 1 heterocycles. The number of nitrogen functional groups attached to an aromatic ring is 1. The third-order valence-electron chi connectivity index (χ3n) is 4.43. The molecule has 1 fully saturated rings. The number of nitrogens with two attached hydrogens (primary N) is 1. The Labute approximate surface area is 165 Å². The van der Waals surface area contributed by atoms with Gasteiger partial charge in [0.2, 0.25) is 0 Å². The first-order valence-electron chi connectivity index (χ1n) is 8.76. The highest BCUT2D eigenvalue weighted by Gasteiger charge is 2.26. The van der Waals surface area contributed by atoms with E-state index < -0.39 is 0 Å². The quantitative estimate of drug-likeness (QED) is 0.816. The van der Waals surface area contributed by atoms with Gasteiger partial charge in [-0.2, -0.15) is 0 Å². The predicted octanol–water partition coefficient (Wildman–Crippen LogP) is 2.69. The van der Waals surface area contributed by atoms with Gasteiger partial charge in [0.05, 0.1) is 12.2 Å². The Morgan fingerprint density at radius 2 is 1.48 bits per heavy atom. The number of anilines is 1. The molecular formula is C20H24ClN3O3. The topological polar surface area (TPSA) is 75.9 Å². The second-order valence-corrected chi connectivity index (χ2v) is 6.14. The summed E-state index contributed by atoms with van der Waals surface area (Å²) in [5.74, 6) is 0.501. The normalized spacial score (nSPS) is 13.7. The first kappa shape index (κ1) is 20.6. The Morgan fingerprint density at radius 1 is 0.926 bits per heavy atom. The van der Waals surface area contributed by atoms with Crippen LogP contribution in [0.3, 0.4) is 0 Å². The minimum atomic E-state index is -0.0615. The molecule has 0 atom stereocenters. The second-order valence-electron chi connectivity index (χ2n) is 6.14. The standard InChI is InChI=1S/C20H23N3O3.ClH/c1-2-26-18-6-4-3-5-17(18)20(25)23-13-11-22(12-14-23)19(24)15-7-9-16(21)10-8-15;/h3-10H,2,11-14,21H2,1H3;1H. The van der Waals surface area contributed by atoms with E-state index in [1.165, 1.54) is 0 Å². The molecule has 2 N–H and O–H groups in total. The lowest BCUT2D eigenvalue weighted by atomic mass is 10.1. The van der Waals surface area contributed by atoms with Crippen LogP contribution in [0.15, 0.2) is 48.5 Å². The number of carbonyl (C=O) groups is 2. The molecule has 0 aromatic heterocycles. The molecule has 3 rings (SSSR count). The Bertz CT molecular complexity index is 787. The van der Waals surface area contributed by atoms with Gasteiger partial charge in [0.1, 0.15) is 5.75 Å². The van der Waals surface area contributed by atoms with Gasteiger partial charge in [-0.1, -0.05) is 12.1 Å². The van der Waals surface area contributed by atoms with E-state index in [0.717, 1.165) is 0 Å². The molecule has 27 heavy (non-hydrogen) atoms. The van der Waals surface area contributed by atoms with Crippen LogP contribution in [-0.4, -0.2) is 54.4 Å². The lowest BCUT2D eigenvalue weighted by Crippen LogP contribution is -2.50. The zero-order chi connectivity index (χ0) is 18.5. The number of hydrogen-bond donors (Lipinski definition) is 1. The maximum atomic E-state index is 12.8. The molecule has 0 saturated carbocycles. The fourth-order valence-electron chi connectivity index (χ4n) is 3.02. The van der Waals surface area contributed by atoms with E-state index in [1.54, 1.807) is 46.2 Å². The van der Waals surface area contributed by atoms with Gasteiger partial charge in [-0.25, -0.2) is 0 Å². The van der Waals surface area contributed by atoms with Crippen molar-refractivity contribution < 1.29 is 14.3 Å². The number of amides is 2. The Kier molecular flexibility index (Phi) is 7.07. The Morgan fingerprint density at radius 3 is 2.07 bits per heavy atom. The molecule has 0 aliphatic carbocycles. The molecule has 144 valence electrons. The van der Waals surface area contributed by atoms with Crippen molar-refractivity contribution in [3.05, 3.63) is 59.7 Å². The van der Waals surface area contributed by atoms with Crippen LogP contribution in [0.1, 0.15) is 27.6 Å². The van der Waals surface area contributed by atoms with E-state index in [4.69, 9.17) is 10.5 Å². The summed E-state index contributed by atoms with van der Waals surface area (Å²) in [4.78, 5) is 28.9. The number of halogens is 1. The molecule has 0 spiro atoms. The average Bonchev–Trinajstić information content (AvgIpc) is 2.68. The molecule has 2 amide bonds. The Hall–Kier alpha value is -2.73.